The maximum absolute atomic E-state index is 12.9. The van der Waals surface area contributed by atoms with Crippen LogP contribution in [0.4, 0.5) is 15.8 Å². The quantitative estimate of drug-likeness (QED) is 0.632. The molecule has 0 radical (unpaired) electrons. The van der Waals surface area contributed by atoms with E-state index in [1.807, 2.05) is 6.07 Å². The molecular weight excluding hydrogens is 375 g/mol. The Balaban J connectivity index is 1.53. The molecule has 3 aromatic carbocycles. The molecule has 0 spiro atoms. The van der Waals surface area contributed by atoms with Crippen LogP contribution in [-0.4, -0.2) is 25.5 Å². The summed E-state index contributed by atoms with van der Waals surface area (Å²) in [7, 11) is 1.53. The molecule has 2 amide bonds. The number of para-hydroxylation sites is 2. The maximum Gasteiger partial charge on any atom is 0.262 e. The van der Waals surface area contributed by atoms with Gasteiger partial charge in [0, 0.05) is 11.3 Å². The number of amides is 2. The van der Waals surface area contributed by atoms with Crippen molar-refractivity contribution in [2.75, 3.05) is 24.4 Å². The Morgan fingerprint density at radius 1 is 0.897 bits per heavy atom. The third-order valence-electron chi connectivity index (χ3n) is 3.97. The van der Waals surface area contributed by atoms with Gasteiger partial charge >= 0.3 is 0 Å². The average Bonchev–Trinajstić information content (AvgIpc) is 2.74. The molecule has 0 aromatic heterocycles. The van der Waals surface area contributed by atoms with E-state index in [9.17, 15) is 14.0 Å². The summed E-state index contributed by atoms with van der Waals surface area (Å²) in [5, 5.41) is 5.38. The van der Waals surface area contributed by atoms with Crippen LogP contribution in [0, 0.1) is 5.82 Å². The van der Waals surface area contributed by atoms with Gasteiger partial charge in [0.05, 0.1) is 12.8 Å². The molecular formula is C22H19FN2O4. The molecule has 6 nitrogen and oxygen atoms in total. The van der Waals surface area contributed by atoms with Gasteiger partial charge in [0.15, 0.2) is 6.61 Å². The Kier molecular flexibility index (Phi) is 6.42. The molecule has 0 unspecified atom stereocenters. The highest BCUT2D eigenvalue weighted by atomic mass is 19.1. The van der Waals surface area contributed by atoms with Crippen LogP contribution in [0.3, 0.4) is 0 Å². The second kappa shape index (κ2) is 9.36. The maximum atomic E-state index is 12.9. The standard InChI is InChI=1S/C22H19FN2O4/c1-28-20-5-3-2-4-19(20)25-22(27)15-6-12-18(13-7-15)29-14-21(26)24-17-10-8-16(23)9-11-17/h2-13H,14H2,1H3,(H,24,26)(H,25,27). The van der Waals surface area contributed by atoms with Crippen LogP contribution in [0.25, 0.3) is 0 Å². The highest BCUT2D eigenvalue weighted by molar-refractivity contribution is 6.05. The summed E-state index contributed by atoms with van der Waals surface area (Å²) in [5.74, 6) is -0.0557. The van der Waals surface area contributed by atoms with Gasteiger partial charge in [0.25, 0.3) is 11.8 Å². The van der Waals surface area contributed by atoms with Gasteiger partial charge in [-0.15, -0.1) is 0 Å². The van der Waals surface area contributed by atoms with Crippen molar-refractivity contribution in [1.82, 2.24) is 0 Å². The highest BCUT2D eigenvalue weighted by Gasteiger charge is 2.10. The molecule has 148 valence electrons. The fourth-order valence-corrected chi connectivity index (χ4v) is 2.52. The van der Waals surface area contributed by atoms with Gasteiger partial charge in [-0.05, 0) is 60.7 Å². The third-order valence-corrected chi connectivity index (χ3v) is 3.97. The number of halogens is 1. The number of anilines is 2. The first kappa shape index (κ1) is 19.9. The molecule has 0 bridgehead atoms. The Bertz CT molecular complexity index is 988. The zero-order valence-corrected chi connectivity index (χ0v) is 15.6. The zero-order valence-electron chi connectivity index (χ0n) is 15.6. The summed E-state index contributed by atoms with van der Waals surface area (Å²) in [4.78, 5) is 24.3. The molecule has 0 heterocycles. The van der Waals surface area contributed by atoms with Crippen molar-refractivity contribution in [3.05, 3.63) is 84.2 Å². The number of benzene rings is 3. The Hall–Kier alpha value is -3.87. The van der Waals surface area contributed by atoms with Crippen LogP contribution >= 0.6 is 0 Å². The summed E-state index contributed by atoms with van der Waals surface area (Å²) in [6.07, 6.45) is 0. The minimum Gasteiger partial charge on any atom is -0.495 e. The molecule has 0 atom stereocenters. The summed E-state index contributed by atoms with van der Waals surface area (Å²) >= 11 is 0. The lowest BCUT2D eigenvalue weighted by atomic mass is 10.2. The molecule has 0 fully saturated rings. The van der Waals surface area contributed by atoms with E-state index in [4.69, 9.17) is 9.47 Å². The van der Waals surface area contributed by atoms with Gasteiger partial charge in [0.2, 0.25) is 0 Å². The van der Waals surface area contributed by atoms with E-state index >= 15 is 0 Å². The van der Waals surface area contributed by atoms with Gasteiger partial charge in [-0.1, -0.05) is 12.1 Å². The fraction of sp³-hybridized carbons (Fsp3) is 0.0909. The van der Waals surface area contributed by atoms with Crippen LogP contribution < -0.4 is 20.1 Å². The van der Waals surface area contributed by atoms with Gasteiger partial charge in [-0.3, -0.25) is 9.59 Å². The molecule has 0 aliphatic carbocycles. The average molecular weight is 394 g/mol. The van der Waals surface area contributed by atoms with E-state index < -0.39 is 0 Å². The molecule has 29 heavy (non-hydrogen) atoms. The van der Waals surface area contributed by atoms with E-state index in [-0.39, 0.29) is 24.2 Å². The lowest BCUT2D eigenvalue weighted by Gasteiger charge is -2.10. The van der Waals surface area contributed by atoms with Crippen LogP contribution in [0.15, 0.2) is 72.8 Å². The summed E-state index contributed by atoms with van der Waals surface area (Å²) in [6.45, 7) is -0.218. The van der Waals surface area contributed by atoms with Crippen molar-refractivity contribution in [1.29, 1.82) is 0 Å². The Morgan fingerprint density at radius 2 is 1.59 bits per heavy atom. The fourth-order valence-electron chi connectivity index (χ4n) is 2.52. The summed E-state index contributed by atoms with van der Waals surface area (Å²) < 4.78 is 23.5. The SMILES string of the molecule is COc1ccccc1NC(=O)c1ccc(OCC(=O)Nc2ccc(F)cc2)cc1. The van der Waals surface area contributed by atoms with Crippen molar-refractivity contribution < 1.29 is 23.5 Å². The number of carbonyl (C=O) groups is 2. The third kappa shape index (κ3) is 5.55. The van der Waals surface area contributed by atoms with Gasteiger partial charge in [-0.25, -0.2) is 4.39 Å². The zero-order chi connectivity index (χ0) is 20.6. The van der Waals surface area contributed by atoms with Crippen LogP contribution in [0.2, 0.25) is 0 Å². The predicted octanol–water partition coefficient (Wildman–Crippen LogP) is 4.10. The Labute approximate surface area is 167 Å². The first-order valence-corrected chi connectivity index (χ1v) is 8.78. The molecule has 3 aromatic rings. The molecule has 3 rings (SSSR count). The number of hydrogen-bond acceptors (Lipinski definition) is 4. The number of rotatable bonds is 7. The molecule has 0 saturated heterocycles. The number of methoxy groups -OCH3 is 1. The van der Waals surface area contributed by atoms with Gasteiger partial charge in [-0.2, -0.15) is 0 Å². The van der Waals surface area contributed by atoms with Crippen molar-refractivity contribution in [3.8, 4) is 11.5 Å². The second-order valence-corrected chi connectivity index (χ2v) is 6.02. The van der Waals surface area contributed by atoms with Crippen molar-refractivity contribution in [2.45, 2.75) is 0 Å². The van der Waals surface area contributed by atoms with E-state index in [2.05, 4.69) is 10.6 Å². The van der Waals surface area contributed by atoms with Gasteiger partial charge in [0.1, 0.15) is 17.3 Å². The number of carbonyl (C=O) groups excluding carboxylic acids is 2. The van der Waals surface area contributed by atoms with Crippen molar-refractivity contribution in [2.24, 2.45) is 0 Å². The first-order valence-electron chi connectivity index (χ1n) is 8.78. The molecule has 0 aliphatic rings. The lowest BCUT2D eigenvalue weighted by molar-refractivity contribution is -0.118. The minimum atomic E-state index is -0.380. The van der Waals surface area contributed by atoms with Crippen molar-refractivity contribution in [3.63, 3.8) is 0 Å². The van der Waals surface area contributed by atoms with E-state index in [0.717, 1.165) is 0 Å². The van der Waals surface area contributed by atoms with E-state index in [1.165, 1.54) is 31.4 Å². The van der Waals surface area contributed by atoms with Crippen LogP contribution in [0.5, 0.6) is 11.5 Å². The van der Waals surface area contributed by atoms with E-state index in [1.54, 1.807) is 42.5 Å². The molecule has 0 aliphatic heterocycles. The first-order chi connectivity index (χ1) is 14.0. The topological polar surface area (TPSA) is 76.7 Å². The number of ether oxygens (including phenoxy) is 2. The molecule has 2 N–H and O–H groups in total. The smallest absolute Gasteiger partial charge is 0.262 e. The monoisotopic (exact) mass is 394 g/mol. The van der Waals surface area contributed by atoms with Crippen molar-refractivity contribution >= 4 is 23.2 Å². The number of nitrogens with one attached hydrogen (secondary N) is 2. The number of hydrogen-bond donors (Lipinski definition) is 2. The second-order valence-electron chi connectivity index (χ2n) is 6.02. The van der Waals surface area contributed by atoms with E-state index in [0.29, 0.717) is 28.4 Å². The molecule has 7 heteroatoms. The van der Waals surface area contributed by atoms with Crippen LogP contribution in [0.1, 0.15) is 10.4 Å². The van der Waals surface area contributed by atoms with Gasteiger partial charge < -0.3 is 20.1 Å². The minimum absolute atomic E-state index is 0.218. The Morgan fingerprint density at radius 3 is 2.28 bits per heavy atom. The summed E-state index contributed by atoms with van der Waals surface area (Å²) in [6, 6.07) is 18.9. The normalized spacial score (nSPS) is 10.1. The summed E-state index contributed by atoms with van der Waals surface area (Å²) in [5.41, 5.74) is 1.47. The van der Waals surface area contributed by atoms with Crippen LogP contribution in [-0.2, 0) is 4.79 Å². The predicted molar refractivity (Wildman–Crippen MR) is 108 cm³/mol. The largest absolute Gasteiger partial charge is 0.495 e. The highest BCUT2D eigenvalue weighted by Crippen LogP contribution is 2.24. The molecule has 0 saturated carbocycles. The lowest BCUT2D eigenvalue weighted by Crippen LogP contribution is -2.20.